The number of nitrogens with zero attached hydrogens (tertiary/aromatic N) is 3. The van der Waals surface area contributed by atoms with Gasteiger partial charge in [-0.25, -0.2) is 0 Å². The summed E-state index contributed by atoms with van der Waals surface area (Å²) in [6, 6.07) is 0. The first-order valence-corrected chi connectivity index (χ1v) is 6.16. The molecule has 0 atom stereocenters. The third-order valence-electron chi connectivity index (χ3n) is 2.78. The molecule has 0 aliphatic heterocycles. The van der Waals surface area contributed by atoms with Crippen LogP contribution in [0.1, 0.15) is 19.3 Å². The quantitative estimate of drug-likeness (QED) is 0.613. The maximum atomic E-state index is 11.4. The molecule has 2 rings (SSSR count). The van der Waals surface area contributed by atoms with Crippen molar-refractivity contribution in [2.75, 3.05) is 19.6 Å². The number of nitrogens with one attached hydrogen (secondary N) is 2. The van der Waals surface area contributed by atoms with Crippen molar-refractivity contribution in [3.63, 3.8) is 0 Å². The number of rotatable bonds is 8. The normalized spacial score (nSPS) is 14.8. The fraction of sp³-hybridized carbons (Fsp3) is 0.727. The summed E-state index contributed by atoms with van der Waals surface area (Å²) in [5.41, 5.74) is 0. The van der Waals surface area contributed by atoms with E-state index in [-0.39, 0.29) is 5.91 Å². The molecule has 0 unspecified atom stereocenters. The lowest BCUT2D eigenvalue weighted by molar-refractivity contribution is -0.120. The van der Waals surface area contributed by atoms with Gasteiger partial charge >= 0.3 is 0 Å². The predicted molar refractivity (Wildman–Crippen MR) is 63.2 cm³/mol. The lowest BCUT2D eigenvalue weighted by Crippen LogP contribution is -2.35. The van der Waals surface area contributed by atoms with Crippen molar-refractivity contribution in [3.05, 3.63) is 12.4 Å². The second-order valence-electron chi connectivity index (χ2n) is 4.44. The third kappa shape index (κ3) is 4.95. The van der Waals surface area contributed by atoms with Gasteiger partial charge in [0.05, 0.1) is 12.7 Å². The Kier molecular flexibility index (Phi) is 4.49. The molecular formula is C11H19N5O. The van der Waals surface area contributed by atoms with Gasteiger partial charge in [0.15, 0.2) is 0 Å². The summed E-state index contributed by atoms with van der Waals surface area (Å²) >= 11 is 0. The van der Waals surface area contributed by atoms with Crippen molar-refractivity contribution in [1.29, 1.82) is 0 Å². The molecule has 1 aliphatic carbocycles. The summed E-state index contributed by atoms with van der Waals surface area (Å²) in [5, 5.41) is 13.6. The first-order chi connectivity index (χ1) is 8.34. The zero-order valence-electron chi connectivity index (χ0n) is 9.93. The van der Waals surface area contributed by atoms with E-state index in [1.165, 1.54) is 12.8 Å². The molecule has 6 heteroatoms. The monoisotopic (exact) mass is 237 g/mol. The maximum absolute atomic E-state index is 11.4. The molecule has 1 aromatic rings. The number of carbonyl (C=O) groups excluding carboxylic acids is 1. The highest BCUT2D eigenvalue weighted by molar-refractivity contribution is 5.77. The van der Waals surface area contributed by atoms with Gasteiger partial charge in [0.1, 0.15) is 0 Å². The Hall–Kier alpha value is -1.43. The van der Waals surface area contributed by atoms with Gasteiger partial charge in [-0.2, -0.15) is 0 Å². The van der Waals surface area contributed by atoms with E-state index < -0.39 is 0 Å². The van der Waals surface area contributed by atoms with E-state index >= 15 is 0 Å². The average Bonchev–Trinajstić information content (AvgIpc) is 3.02. The first-order valence-electron chi connectivity index (χ1n) is 6.16. The molecule has 1 saturated carbocycles. The van der Waals surface area contributed by atoms with E-state index in [1.54, 1.807) is 10.9 Å². The Morgan fingerprint density at radius 3 is 3.06 bits per heavy atom. The highest BCUT2D eigenvalue weighted by Gasteiger charge is 2.21. The predicted octanol–water partition coefficient (Wildman–Crippen LogP) is -0.216. The van der Waals surface area contributed by atoms with Crippen LogP contribution in [0.2, 0.25) is 0 Å². The second-order valence-corrected chi connectivity index (χ2v) is 4.44. The molecule has 1 fully saturated rings. The molecule has 0 saturated heterocycles. The van der Waals surface area contributed by atoms with Crippen LogP contribution in [0.25, 0.3) is 0 Å². The summed E-state index contributed by atoms with van der Waals surface area (Å²) < 4.78 is 1.79. The van der Waals surface area contributed by atoms with Crippen LogP contribution in [0.3, 0.4) is 0 Å². The van der Waals surface area contributed by atoms with Crippen molar-refractivity contribution >= 4 is 5.91 Å². The van der Waals surface area contributed by atoms with Crippen LogP contribution >= 0.6 is 0 Å². The van der Waals surface area contributed by atoms with E-state index in [9.17, 15) is 4.79 Å². The Morgan fingerprint density at radius 1 is 1.47 bits per heavy atom. The van der Waals surface area contributed by atoms with Gasteiger partial charge < -0.3 is 10.6 Å². The van der Waals surface area contributed by atoms with Crippen LogP contribution < -0.4 is 10.6 Å². The second kappa shape index (κ2) is 6.34. The molecule has 0 aromatic carbocycles. The molecule has 1 heterocycles. The summed E-state index contributed by atoms with van der Waals surface area (Å²) in [5.74, 6) is 0.837. The largest absolute Gasteiger partial charge is 0.355 e. The molecule has 0 spiro atoms. The molecule has 2 N–H and O–H groups in total. The van der Waals surface area contributed by atoms with Gasteiger partial charge in [-0.3, -0.25) is 9.48 Å². The lowest BCUT2D eigenvalue weighted by atomic mass is 10.4. The van der Waals surface area contributed by atoms with Crippen molar-refractivity contribution in [2.24, 2.45) is 5.92 Å². The number of aromatic nitrogens is 3. The zero-order valence-corrected chi connectivity index (χ0v) is 9.93. The van der Waals surface area contributed by atoms with Gasteiger partial charge in [-0.05, 0) is 31.7 Å². The molecule has 94 valence electrons. The van der Waals surface area contributed by atoms with Gasteiger partial charge in [0, 0.05) is 19.3 Å². The minimum absolute atomic E-state index is 0.0951. The Labute approximate surface area is 101 Å². The number of aryl methyl sites for hydroxylation is 1. The van der Waals surface area contributed by atoms with Crippen LogP contribution in [-0.2, 0) is 11.3 Å². The fourth-order valence-corrected chi connectivity index (χ4v) is 1.56. The van der Waals surface area contributed by atoms with Crippen LogP contribution in [0, 0.1) is 5.92 Å². The summed E-state index contributed by atoms with van der Waals surface area (Å²) in [7, 11) is 0. The lowest BCUT2D eigenvalue weighted by Gasteiger charge is -2.05. The van der Waals surface area contributed by atoms with Gasteiger partial charge in [0.2, 0.25) is 5.91 Å². The van der Waals surface area contributed by atoms with Crippen LogP contribution in [0.15, 0.2) is 12.4 Å². The molecule has 17 heavy (non-hydrogen) atoms. The smallest absolute Gasteiger partial charge is 0.233 e. The maximum Gasteiger partial charge on any atom is 0.233 e. The van der Waals surface area contributed by atoms with E-state index in [0.717, 1.165) is 32.0 Å². The summed E-state index contributed by atoms with van der Waals surface area (Å²) in [4.78, 5) is 11.4. The third-order valence-corrected chi connectivity index (χ3v) is 2.78. The van der Waals surface area contributed by atoms with Crippen molar-refractivity contribution in [3.8, 4) is 0 Å². The van der Waals surface area contributed by atoms with E-state index in [1.807, 2.05) is 6.20 Å². The van der Waals surface area contributed by atoms with Crippen molar-refractivity contribution in [1.82, 2.24) is 25.6 Å². The van der Waals surface area contributed by atoms with E-state index in [2.05, 4.69) is 20.9 Å². The fourth-order valence-electron chi connectivity index (χ4n) is 1.56. The highest BCUT2D eigenvalue weighted by Crippen LogP contribution is 2.27. The molecular weight excluding hydrogens is 218 g/mol. The number of hydrogen-bond acceptors (Lipinski definition) is 4. The Bertz CT molecular complexity index is 334. The van der Waals surface area contributed by atoms with Crippen LogP contribution in [-0.4, -0.2) is 40.5 Å². The standard InChI is InChI=1S/C11H19N5O/c17-11(13-8-10-2-3-10)9-12-4-1-6-16-7-5-14-15-16/h5,7,10,12H,1-4,6,8-9H2,(H,13,17). The van der Waals surface area contributed by atoms with Crippen molar-refractivity contribution in [2.45, 2.75) is 25.8 Å². The Morgan fingerprint density at radius 2 is 2.35 bits per heavy atom. The molecule has 1 aromatic heterocycles. The van der Waals surface area contributed by atoms with Crippen molar-refractivity contribution < 1.29 is 4.79 Å². The topological polar surface area (TPSA) is 71.8 Å². The minimum atomic E-state index is 0.0951. The van der Waals surface area contributed by atoms with Crippen LogP contribution in [0.4, 0.5) is 0 Å². The molecule has 0 bridgehead atoms. The summed E-state index contributed by atoms with van der Waals surface area (Å²) in [6.45, 7) is 2.90. The van der Waals surface area contributed by atoms with Crippen LogP contribution in [0.5, 0.6) is 0 Å². The highest BCUT2D eigenvalue weighted by atomic mass is 16.1. The molecule has 6 nitrogen and oxygen atoms in total. The van der Waals surface area contributed by atoms with Gasteiger partial charge in [-0.15, -0.1) is 5.10 Å². The number of hydrogen-bond donors (Lipinski definition) is 2. The minimum Gasteiger partial charge on any atom is -0.355 e. The number of amides is 1. The van der Waals surface area contributed by atoms with Gasteiger partial charge in [-0.1, -0.05) is 5.21 Å². The molecule has 1 amide bonds. The Balaban J connectivity index is 1.43. The van der Waals surface area contributed by atoms with Gasteiger partial charge in [0.25, 0.3) is 0 Å². The van der Waals surface area contributed by atoms with E-state index in [0.29, 0.717) is 6.54 Å². The van der Waals surface area contributed by atoms with E-state index in [4.69, 9.17) is 0 Å². The summed E-state index contributed by atoms with van der Waals surface area (Å²) in [6.07, 6.45) is 6.98. The SMILES string of the molecule is O=C(CNCCCn1ccnn1)NCC1CC1. The molecule has 0 radical (unpaired) electrons. The first kappa shape index (κ1) is 12.0. The zero-order chi connectivity index (χ0) is 11.9. The molecule has 1 aliphatic rings. The number of carbonyl (C=O) groups is 1. The average molecular weight is 237 g/mol.